The standard InChI is InChI=1S/C13H16FNO/c1-3-7-15(8-4-2)13-6-5-12(14)9-11(13)10-16/h3,5-6,9-10H,1,4,7-8H2,2H3. The van der Waals surface area contributed by atoms with Crippen LogP contribution in [0.25, 0.3) is 0 Å². The molecule has 0 N–H and O–H groups in total. The van der Waals surface area contributed by atoms with Crippen molar-refractivity contribution >= 4 is 12.0 Å². The predicted molar refractivity (Wildman–Crippen MR) is 64.5 cm³/mol. The maximum atomic E-state index is 13.0. The molecule has 0 aliphatic heterocycles. The number of aldehydes is 1. The van der Waals surface area contributed by atoms with Crippen molar-refractivity contribution in [1.29, 1.82) is 0 Å². The molecule has 0 heterocycles. The summed E-state index contributed by atoms with van der Waals surface area (Å²) in [5.74, 6) is -0.388. The first-order valence-corrected chi connectivity index (χ1v) is 5.33. The maximum Gasteiger partial charge on any atom is 0.152 e. The van der Waals surface area contributed by atoms with E-state index in [1.165, 1.54) is 12.1 Å². The molecule has 0 amide bonds. The van der Waals surface area contributed by atoms with Gasteiger partial charge in [-0.2, -0.15) is 0 Å². The van der Waals surface area contributed by atoms with Gasteiger partial charge in [-0.15, -0.1) is 6.58 Å². The first kappa shape index (κ1) is 12.4. The summed E-state index contributed by atoms with van der Waals surface area (Å²) in [5, 5.41) is 0. The van der Waals surface area contributed by atoms with Crippen LogP contribution in [0.15, 0.2) is 30.9 Å². The molecule has 0 aliphatic carbocycles. The van der Waals surface area contributed by atoms with Crippen LogP contribution in [0.1, 0.15) is 23.7 Å². The number of nitrogens with zero attached hydrogens (tertiary/aromatic N) is 1. The summed E-state index contributed by atoms with van der Waals surface area (Å²) >= 11 is 0. The fourth-order valence-electron chi connectivity index (χ4n) is 1.64. The molecule has 0 aromatic heterocycles. The molecule has 0 atom stereocenters. The second kappa shape index (κ2) is 6.05. The Morgan fingerprint density at radius 1 is 1.50 bits per heavy atom. The van der Waals surface area contributed by atoms with E-state index in [-0.39, 0.29) is 5.82 Å². The Balaban J connectivity index is 3.06. The van der Waals surface area contributed by atoms with E-state index in [9.17, 15) is 9.18 Å². The van der Waals surface area contributed by atoms with Crippen LogP contribution in [0.2, 0.25) is 0 Å². The molecule has 0 fully saturated rings. The monoisotopic (exact) mass is 221 g/mol. The van der Waals surface area contributed by atoms with Crippen molar-refractivity contribution in [2.45, 2.75) is 13.3 Å². The van der Waals surface area contributed by atoms with Gasteiger partial charge in [-0.25, -0.2) is 4.39 Å². The zero-order valence-corrected chi connectivity index (χ0v) is 9.45. The highest BCUT2D eigenvalue weighted by atomic mass is 19.1. The number of hydrogen-bond donors (Lipinski definition) is 0. The molecule has 0 saturated heterocycles. The Hall–Kier alpha value is -1.64. The first-order valence-electron chi connectivity index (χ1n) is 5.33. The van der Waals surface area contributed by atoms with Gasteiger partial charge in [0.2, 0.25) is 0 Å². The molecule has 0 saturated carbocycles. The normalized spacial score (nSPS) is 9.88. The molecule has 2 nitrogen and oxygen atoms in total. The smallest absolute Gasteiger partial charge is 0.152 e. The van der Waals surface area contributed by atoms with E-state index in [4.69, 9.17) is 0 Å². The summed E-state index contributed by atoms with van der Waals surface area (Å²) in [6.45, 7) is 7.20. The summed E-state index contributed by atoms with van der Waals surface area (Å²) in [6.07, 6.45) is 3.42. The van der Waals surface area contributed by atoms with Gasteiger partial charge >= 0.3 is 0 Å². The molecule has 3 heteroatoms. The zero-order valence-electron chi connectivity index (χ0n) is 9.45. The predicted octanol–water partition coefficient (Wildman–Crippen LogP) is 3.04. The highest BCUT2D eigenvalue weighted by Crippen LogP contribution is 2.20. The van der Waals surface area contributed by atoms with Gasteiger partial charge < -0.3 is 4.90 Å². The molecule has 16 heavy (non-hydrogen) atoms. The highest BCUT2D eigenvalue weighted by Gasteiger charge is 2.09. The number of hydrogen-bond acceptors (Lipinski definition) is 2. The van der Waals surface area contributed by atoms with E-state index >= 15 is 0 Å². The van der Waals surface area contributed by atoms with Crippen LogP contribution in [0.5, 0.6) is 0 Å². The highest BCUT2D eigenvalue weighted by molar-refractivity contribution is 5.84. The number of halogens is 1. The zero-order chi connectivity index (χ0) is 12.0. The van der Waals surface area contributed by atoms with Gasteiger partial charge in [0.05, 0.1) is 0 Å². The lowest BCUT2D eigenvalue weighted by molar-refractivity contribution is 0.112. The molecule has 86 valence electrons. The minimum absolute atomic E-state index is 0.385. The average molecular weight is 221 g/mol. The number of carbonyl (C=O) groups excluding carboxylic acids is 1. The van der Waals surface area contributed by atoms with Crippen LogP contribution in [0.4, 0.5) is 10.1 Å². The first-order chi connectivity index (χ1) is 7.72. The van der Waals surface area contributed by atoms with E-state index in [1.807, 2.05) is 4.90 Å². The van der Waals surface area contributed by atoms with Crippen LogP contribution in [0, 0.1) is 5.82 Å². The van der Waals surface area contributed by atoms with Crippen LogP contribution in [0.3, 0.4) is 0 Å². The van der Waals surface area contributed by atoms with Crippen molar-refractivity contribution in [3.63, 3.8) is 0 Å². The molecule has 1 aromatic rings. The van der Waals surface area contributed by atoms with E-state index in [1.54, 1.807) is 12.1 Å². The lowest BCUT2D eigenvalue weighted by Gasteiger charge is -2.24. The molecule has 1 aromatic carbocycles. The fraction of sp³-hybridized carbons (Fsp3) is 0.308. The largest absolute Gasteiger partial charge is 0.367 e. The van der Waals surface area contributed by atoms with Gasteiger partial charge in [-0.05, 0) is 24.6 Å². The third-order valence-corrected chi connectivity index (χ3v) is 2.30. The Morgan fingerprint density at radius 3 is 2.81 bits per heavy atom. The maximum absolute atomic E-state index is 13.0. The minimum Gasteiger partial charge on any atom is -0.367 e. The summed E-state index contributed by atoms with van der Waals surface area (Å²) in [7, 11) is 0. The molecular formula is C13H16FNO. The van der Waals surface area contributed by atoms with Gasteiger partial charge in [0.25, 0.3) is 0 Å². The SMILES string of the molecule is C=CCN(CCC)c1ccc(F)cc1C=O. The van der Waals surface area contributed by atoms with E-state index in [0.29, 0.717) is 18.4 Å². The van der Waals surface area contributed by atoms with E-state index in [2.05, 4.69) is 13.5 Å². The lowest BCUT2D eigenvalue weighted by Crippen LogP contribution is -2.25. The summed E-state index contributed by atoms with van der Waals surface area (Å²) in [6, 6.07) is 4.26. The number of benzene rings is 1. The molecule has 0 bridgehead atoms. The van der Waals surface area contributed by atoms with Gasteiger partial charge in [-0.3, -0.25) is 4.79 Å². The fourth-order valence-corrected chi connectivity index (χ4v) is 1.64. The average Bonchev–Trinajstić information content (AvgIpc) is 2.28. The molecule has 0 aliphatic rings. The van der Waals surface area contributed by atoms with E-state index < -0.39 is 0 Å². The van der Waals surface area contributed by atoms with E-state index in [0.717, 1.165) is 18.7 Å². The minimum atomic E-state index is -0.388. The Bertz CT molecular complexity index is 376. The summed E-state index contributed by atoms with van der Waals surface area (Å²) in [4.78, 5) is 12.9. The summed E-state index contributed by atoms with van der Waals surface area (Å²) in [5.41, 5.74) is 1.15. The quantitative estimate of drug-likeness (QED) is 0.543. The van der Waals surface area contributed by atoms with Crippen LogP contribution in [-0.2, 0) is 0 Å². The van der Waals surface area contributed by atoms with Gasteiger partial charge in [0.1, 0.15) is 5.82 Å². The van der Waals surface area contributed by atoms with Crippen LogP contribution in [-0.4, -0.2) is 19.4 Å². The van der Waals surface area contributed by atoms with Crippen molar-refractivity contribution in [1.82, 2.24) is 0 Å². The van der Waals surface area contributed by atoms with Crippen molar-refractivity contribution in [3.8, 4) is 0 Å². The van der Waals surface area contributed by atoms with Gasteiger partial charge in [-0.1, -0.05) is 13.0 Å². The number of anilines is 1. The summed E-state index contributed by atoms with van der Waals surface area (Å²) < 4.78 is 13.0. The second-order valence-electron chi connectivity index (χ2n) is 3.56. The Morgan fingerprint density at radius 2 is 2.25 bits per heavy atom. The topological polar surface area (TPSA) is 20.3 Å². The van der Waals surface area contributed by atoms with Crippen LogP contribution < -0.4 is 4.90 Å². The van der Waals surface area contributed by atoms with Gasteiger partial charge in [0.15, 0.2) is 6.29 Å². The Kier molecular flexibility index (Phi) is 4.70. The number of carbonyl (C=O) groups is 1. The Labute approximate surface area is 95.4 Å². The third kappa shape index (κ3) is 2.92. The van der Waals surface area contributed by atoms with Crippen molar-refractivity contribution in [2.75, 3.05) is 18.0 Å². The molecule has 0 spiro atoms. The van der Waals surface area contributed by atoms with Crippen molar-refractivity contribution in [3.05, 3.63) is 42.2 Å². The van der Waals surface area contributed by atoms with Crippen molar-refractivity contribution < 1.29 is 9.18 Å². The third-order valence-electron chi connectivity index (χ3n) is 2.30. The second-order valence-corrected chi connectivity index (χ2v) is 3.56. The number of rotatable bonds is 6. The molecule has 0 radical (unpaired) electrons. The molecular weight excluding hydrogens is 205 g/mol. The molecule has 1 rings (SSSR count). The lowest BCUT2D eigenvalue weighted by atomic mass is 10.1. The van der Waals surface area contributed by atoms with Gasteiger partial charge in [0, 0.05) is 24.3 Å². The van der Waals surface area contributed by atoms with Crippen molar-refractivity contribution in [2.24, 2.45) is 0 Å². The van der Waals surface area contributed by atoms with Crippen LogP contribution >= 0.6 is 0 Å². The molecule has 0 unspecified atom stereocenters.